The fraction of sp³-hybridized carbons (Fsp3) is 0.481. The van der Waals surface area contributed by atoms with Crippen molar-refractivity contribution in [2.45, 2.75) is 71.0 Å². The molecule has 0 saturated heterocycles. The molecular formula is C27H36ClN3O4S. The minimum absolute atomic E-state index is 0.105. The Bertz CT molecular complexity index is 1130. The van der Waals surface area contributed by atoms with Gasteiger partial charge in [0.05, 0.1) is 11.9 Å². The van der Waals surface area contributed by atoms with Crippen LogP contribution in [0, 0.1) is 6.92 Å². The highest BCUT2D eigenvalue weighted by atomic mass is 35.5. The zero-order valence-electron chi connectivity index (χ0n) is 21.2. The molecule has 2 aromatic rings. The summed E-state index contributed by atoms with van der Waals surface area (Å²) in [6.45, 7) is 3.53. The predicted octanol–water partition coefficient (Wildman–Crippen LogP) is 4.67. The van der Waals surface area contributed by atoms with Gasteiger partial charge in [-0.05, 0) is 56.0 Å². The van der Waals surface area contributed by atoms with Crippen LogP contribution in [0.2, 0.25) is 5.02 Å². The highest BCUT2D eigenvalue weighted by Crippen LogP contribution is 2.22. The summed E-state index contributed by atoms with van der Waals surface area (Å²) in [6.07, 6.45) is 6.68. The first-order valence-electron chi connectivity index (χ1n) is 12.5. The largest absolute Gasteiger partial charge is 0.352 e. The van der Waals surface area contributed by atoms with E-state index in [0.717, 1.165) is 47.4 Å². The number of nitrogens with one attached hydrogen (secondary N) is 1. The van der Waals surface area contributed by atoms with Crippen molar-refractivity contribution in [3.05, 3.63) is 64.7 Å². The third kappa shape index (κ3) is 7.71. The molecule has 9 heteroatoms. The fourth-order valence-corrected chi connectivity index (χ4v) is 5.55. The van der Waals surface area contributed by atoms with Gasteiger partial charge in [0, 0.05) is 17.6 Å². The topological polar surface area (TPSA) is 86.8 Å². The van der Waals surface area contributed by atoms with Crippen molar-refractivity contribution in [1.82, 2.24) is 10.2 Å². The molecule has 196 valence electrons. The summed E-state index contributed by atoms with van der Waals surface area (Å²) < 4.78 is 26.4. The van der Waals surface area contributed by atoms with E-state index in [0.29, 0.717) is 17.1 Å². The molecule has 2 aromatic carbocycles. The molecule has 0 aliphatic heterocycles. The highest BCUT2D eigenvalue weighted by molar-refractivity contribution is 7.92. The lowest BCUT2D eigenvalue weighted by Crippen LogP contribution is -2.53. The van der Waals surface area contributed by atoms with Gasteiger partial charge in [-0.15, -0.1) is 0 Å². The second-order valence-corrected chi connectivity index (χ2v) is 11.9. The van der Waals surface area contributed by atoms with Gasteiger partial charge < -0.3 is 10.2 Å². The van der Waals surface area contributed by atoms with Crippen LogP contribution in [0.3, 0.4) is 0 Å². The van der Waals surface area contributed by atoms with E-state index >= 15 is 0 Å². The molecule has 1 N–H and O–H groups in total. The van der Waals surface area contributed by atoms with Gasteiger partial charge in [0.1, 0.15) is 12.6 Å². The van der Waals surface area contributed by atoms with Crippen LogP contribution in [0.1, 0.15) is 56.6 Å². The average molecular weight is 534 g/mol. The van der Waals surface area contributed by atoms with E-state index in [4.69, 9.17) is 11.6 Å². The van der Waals surface area contributed by atoms with Crippen LogP contribution < -0.4 is 9.62 Å². The normalized spacial score (nSPS) is 15.2. The van der Waals surface area contributed by atoms with Crippen molar-refractivity contribution in [3.63, 3.8) is 0 Å². The molecule has 0 aromatic heterocycles. The standard InChI is InChI=1S/C27H36ClN3O4S/c1-4-25(27(33)29-23-8-6-5-7-9-23)30(18-21-12-14-22(28)15-13-21)26(32)19-31(36(3,34)35)24-16-10-20(2)11-17-24/h10-17,23,25H,4-9,18-19H2,1-3H3,(H,29,33)/t25-/m0/s1. The van der Waals surface area contributed by atoms with Gasteiger partial charge in [-0.1, -0.05) is 67.6 Å². The third-order valence-corrected chi connectivity index (χ3v) is 8.00. The van der Waals surface area contributed by atoms with E-state index < -0.39 is 28.5 Å². The monoisotopic (exact) mass is 533 g/mol. The third-order valence-electron chi connectivity index (χ3n) is 6.60. The molecular weight excluding hydrogens is 498 g/mol. The first kappa shape index (κ1) is 28.0. The molecule has 7 nitrogen and oxygen atoms in total. The molecule has 1 saturated carbocycles. The number of amides is 2. The van der Waals surface area contributed by atoms with Crippen LogP contribution >= 0.6 is 11.6 Å². The highest BCUT2D eigenvalue weighted by Gasteiger charge is 2.32. The number of anilines is 1. The number of hydrogen-bond donors (Lipinski definition) is 1. The quantitative estimate of drug-likeness (QED) is 0.481. The van der Waals surface area contributed by atoms with Crippen LogP contribution in [0.25, 0.3) is 0 Å². The molecule has 3 rings (SSSR count). The van der Waals surface area contributed by atoms with E-state index in [9.17, 15) is 18.0 Å². The van der Waals surface area contributed by atoms with E-state index in [1.807, 2.05) is 26.0 Å². The first-order chi connectivity index (χ1) is 17.1. The van der Waals surface area contributed by atoms with Crippen molar-refractivity contribution >= 4 is 39.1 Å². The smallest absolute Gasteiger partial charge is 0.244 e. The fourth-order valence-electron chi connectivity index (χ4n) is 4.58. The number of aryl methyl sites for hydroxylation is 1. The lowest BCUT2D eigenvalue weighted by Gasteiger charge is -2.34. The Labute approximate surface area is 219 Å². The molecule has 2 amide bonds. The molecule has 0 spiro atoms. The van der Waals surface area contributed by atoms with Crippen LogP contribution in [0.15, 0.2) is 48.5 Å². The Morgan fingerprint density at radius 1 is 1.03 bits per heavy atom. The van der Waals surface area contributed by atoms with Crippen molar-refractivity contribution in [2.75, 3.05) is 17.1 Å². The summed E-state index contributed by atoms with van der Waals surface area (Å²) in [5.74, 6) is -0.644. The Balaban J connectivity index is 1.89. The molecule has 0 unspecified atom stereocenters. The van der Waals surface area contributed by atoms with E-state index in [2.05, 4.69) is 5.32 Å². The Morgan fingerprint density at radius 3 is 2.19 bits per heavy atom. The lowest BCUT2D eigenvalue weighted by molar-refractivity contribution is -0.140. The lowest BCUT2D eigenvalue weighted by atomic mass is 9.95. The van der Waals surface area contributed by atoms with Crippen molar-refractivity contribution in [1.29, 1.82) is 0 Å². The van der Waals surface area contributed by atoms with E-state index in [-0.39, 0.29) is 18.5 Å². The number of benzene rings is 2. The molecule has 1 aliphatic rings. The number of hydrogen-bond acceptors (Lipinski definition) is 4. The maximum absolute atomic E-state index is 13.7. The average Bonchev–Trinajstić information content (AvgIpc) is 2.84. The SMILES string of the molecule is CC[C@@H](C(=O)NC1CCCCC1)N(Cc1ccc(Cl)cc1)C(=O)CN(c1ccc(C)cc1)S(C)(=O)=O. The summed E-state index contributed by atoms with van der Waals surface area (Å²) in [6, 6.07) is 13.4. The number of carbonyl (C=O) groups excluding carboxylic acids is 2. The van der Waals surface area contributed by atoms with Crippen molar-refractivity contribution in [3.8, 4) is 0 Å². The maximum atomic E-state index is 13.7. The van der Waals surface area contributed by atoms with Crippen LogP contribution in [0.4, 0.5) is 5.69 Å². The number of halogens is 1. The Morgan fingerprint density at radius 2 is 1.64 bits per heavy atom. The van der Waals surface area contributed by atoms with E-state index in [1.165, 1.54) is 11.3 Å². The molecule has 36 heavy (non-hydrogen) atoms. The molecule has 1 fully saturated rings. The van der Waals surface area contributed by atoms with Crippen molar-refractivity contribution < 1.29 is 18.0 Å². The van der Waals surface area contributed by atoms with Crippen LogP contribution in [0.5, 0.6) is 0 Å². The van der Waals surface area contributed by atoms with Crippen LogP contribution in [-0.2, 0) is 26.2 Å². The van der Waals surface area contributed by atoms with Gasteiger partial charge in [0.15, 0.2) is 0 Å². The molecule has 1 aliphatic carbocycles. The number of nitrogens with zero attached hydrogens (tertiary/aromatic N) is 2. The van der Waals surface area contributed by atoms with Gasteiger partial charge in [-0.3, -0.25) is 13.9 Å². The second kappa shape index (κ2) is 12.6. The summed E-state index contributed by atoms with van der Waals surface area (Å²) in [7, 11) is -3.75. The van der Waals surface area contributed by atoms with Gasteiger partial charge in [0.25, 0.3) is 0 Å². The molecule has 0 bridgehead atoms. The summed E-state index contributed by atoms with van der Waals surface area (Å²) in [4.78, 5) is 28.6. The minimum atomic E-state index is -3.75. The van der Waals surface area contributed by atoms with Crippen molar-refractivity contribution in [2.24, 2.45) is 0 Å². The van der Waals surface area contributed by atoms with Gasteiger partial charge >= 0.3 is 0 Å². The summed E-state index contributed by atoms with van der Waals surface area (Å²) in [5, 5.41) is 3.71. The summed E-state index contributed by atoms with van der Waals surface area (Å²) in [5.41, 5.74) is 2.19. The van der Waals surface area contributed by atoms with Gasteiger partial charge in [-0.25, -0.2) is 8.42 Å². The first-order valence-corrected chi connectivity index (χ1v) is 14.7. The Hall–Kier alpha value is -2.58. The van der Waals surface area contributed by atoms with Crippen LogP contribution in [-0.4, -0.2) is 50.0 Å². The molecule has 0 radical (unpaired) electrons. The zero-order valence-corrected chi connectivity index (χ0v) is 22.8. The molecule has 1 atom stereocenters. The number of carbonyl (C=O) groups is 2. The Kier molecular flexibility index (Phi) is 9.79. The predicted molar refractivity (Wildman–Crippen MR) is 144 cm³/mol. The summed E-state index contributed by atoms with van der Waals surface area (Å²) >= 11 is 6.04. The van der Waals surface area contributed by atoms with Gasteiger partial charge in [0.2, 0.25) is 21.8 Å². The zero-order chi connectivity index (χ0) is 26.3. The van der Waals surface area contributed by atoms with Gasteiger partial charge in [-0.2, -0.15) is 0 Å². The maximum Gasteiger partial charge on any atom is 0.244 e. The number of sulfonamides is 1. The minimum Gasteiger partial charge on any atom is -0.352 e. The molecule has 0 heterocycles. The number of rotatable bonds is 10. The van der Waals surface area contributed by atoms with E-state index in [1.54, 1.807) is 36.4 Å². The second-order valence-electron chi connectivity index (χ2n) is 9.52.